The predicted molar refractivity (Wildman–Crippen MR) is 75.3 cm³/mol. The van der Waals surface area contributed by atoms with Gasteiger partial charge < -0.3 is 14.6 Å². The first kappa shape index (κ1) is 14.5. The molecule has 1 fully saturated rings. The summed E-state index contributed by atoms with van der Waals surface area (Å²) >= 11 is 1.36. The minimum atomic E-state index is -0.586. The minimum Gasteiger partial charge on any atom is -0.392 e. The highest BCUT2D eigenvalue weighted by Crippen LogP contribution is 2.36. The fourth-order valence-corrected chi connectivity index (χ4v) is 3.07. The first-order valence-corrected chi connectivity index (χ1v) is 7.35. The number of aliphatic hydroxyl groups is 1. The molecule has 2 heterocycles. The zero-order valence-corrected chi connectivity index (χ0v) is 12.0. The van der Waals surface area contributed by atoms with Gasteiger partial charge >= 0.3 is 0 Å². The summed E-state index contributed by atoms with van der Waals surface area (Å²) in [4.78, 5) is 5.01. The van der Waals surface area contributed by atoms with E-state index in [0.717, 1.165) is 10.5 Å². The van der Waals surface area contributed by atoms with Crippen LogP contribution < -0.4 is 0 Å². The van der Waals surface area contributed by atoms with Crippen LogP contribution in [0.15, 0.2) is 46.5 Å². The van der Waals surface area contributed by atoms with Crippen molar-refractivity contribution in [1.29, 1.82) is 0 Å². The molecule has 21 heavy (non-hydrogen) atoms. The molecule has 0 bridgehead atoms. The lowest BCUT2D eigenvalue weighted by atomic mass is 10.2. The number of nitrogens with zero attached hydrogens (tertiary/aromatic N) is 1. The van der Waals surface area contributed by atoms with Crippen LogP contribution in [-0.2, 0) is 16.1 Å². The zero-order chi connectivity index (χ0) is 14.7. The SMILES string of the molecule is OCc1ccccc1Sc1ncc(F)cc1C1OCCO1. The van der Waals surface area contributed by atoms with Crippen molar-refractivity contribution in [1.82, 2.24) is 4.98 Å². The number of pyridine rings is 1. The van der Waals surface area contributed by atoms with Gasteiger partial charge in [0.1, 0.15) is 10.8 Å². The second-order valence-corrected chi connectivity index (χ2v) is 5.52. The summed E-state index contributed by atoms with van der Waals surface area (Å²) < 4.78 is 24.3. The summed E-state index contributed by atoms with van der Waals surface area (Å²) in [5.41, 5.74) is 1.37. The lowest BCUT2D eigenvalue weighted by Gasteiger charge is -2.14. The molecule has 1 aromatic heterocycles. The van der Waals surface area contributed by atoms with Crippen LogP contribution >= 0.6 is 11.8 Å². The van der Waals surface area contributed by atoms with Crippen LogP contribution in [0.25, 0.3) is 0 Å². The molecule has 4 nitrogen and oxygen atoms in total. The van der Waals surface area contributed by atoms with E-state index in [9.17, 15) is 9.50 Å². The predicted octanol–water partition coefficient (Wildman–Crippen LogP) is 2.91. The molecule has 2 aromatic rings. The van der Waals surface area contributed by atoms with E-state index in [4.69, 9.17) is 9.47 Å². The molecule has 0 amide bonds. The van der Waals surface area contributed by atoms with Crippen LogP contribution in [0.3, 0.4) is 0 Å². The Hall–Kier alpha value is -1.47. The molecular weight excluding hydrogens is 293 g/mol. The summed E-state index contributed by atoms with van der Waals surface area (Å²) in [5, 5.41) is 9.99. The molecule has 1 aromatic carbocycles. The highest BCUT2D eigenvalue weighted by Gasteiger charge is 2.23. The Labute approximate surface area is 125 Å². The standard InChI is InChI=1S/C15H14FNO3S/c16-11-7-12(15-19-5-6-20-15)14(17-8-11)21-13-4-2-1-3-10(13)9-18/h1-4,7-8,15,18H,5-6,9H2. The molecular formula is C15H14FNO3S. The van der Waals surface area contributed by atoms with Gasteiger partial charge in [-0.15, -0.1) is 0 Å². The molecule has 1 saturated heterocycles. The van der Waals surface area contributed by atoms with Crippen LogP contribution in [-0.4, -0.2) is 23.3 Å². The molecule has 0 saturated carbocycles. The number of ether oxygens (including phenoxy) is 2. The molecule has 6 heteroatoms. The van der Waals surface area contributed by atoms with E-state index in [0.29, 0.717) is 23.8 Å². The molecule has 0 atom stereocenters. The fourth-order valence-electron chi connectivity index (χ4n) is 2.07. The number of hydrogen-bond donors (Lipinski definition) is 1. The largest absolute Gasteiger partial charge is 0.392 e. The maximum atomic E-state index is 13.5. The summed E-state index contributed by atoms with van der Waals surface area (Å²) in [6.45, 7) is 0.910. The van der Waals surface area contributed by atoms with E-state index in [1.807, 2.05) is 24.3 Å². The van der Waals surface area contributed by atoms with Crippen molar-refractivity contribution in [2.45, 2.75) is 22.8 Å². The third-order valence-corrected chi connectivity index (χ3v) is 4.22. The van der Waals surface area contributed by atoms with Crippen molar-refractivity contribution in [3.63, 3.8) is 0 Å². The van der Waals surface area contributed by atoms with Gasteiger partial charge in [-0.05, 0) is 17.7 Å². The molecule has 0 aliphatic carbocycles. The number of rotatable bonds is 4. The number of benzene rings is 1. The number of aromatic nitrogens is 1. The average Bonchev–Trinajstić information content (AvgIpc) is 3.04. The summed E-state index contributed by atoms with van der Waals surface area (Å²) in [7, 11) is 0. The van der Waals surface area contributed by atoms with Crippen molar-refractivity contribution < 1.29 is 19.0 Å². The monoisotopic (exact) mass is 307 g/mol. The molecule has 110 valence electrons. The van der Waals surface area contributed by atoms with Gasteiger partial charge in [0, 0.05) is 10.5 Å². The molecule has 1 N–H and O–H groups in total. The van der Waals surface area contributed by atoms with Crippen LogP contribution in [0.2, 0.25) is 0 Å². The lowest BCUT2D eigenvalue weighted by molar-refractivity contribution is -0.0466. The summed E-state index contributed by atoms with van der Waals surface area (Å²) in [6, 6.07) is 8.85. The Morgan fingerprint density at radius 1 is 1.29 bits per heavy atom. The van der Waals surface area contributed by atoms with Crippen LogP contribution in [0.5, 0.6) is 0 Å². The van der Waals surface area contributed by atoms with Gasteiger partial charge in [0.15, 0.2) is 6.29 Å². The molecule has 0 radical (unpaired) electrons. The van der Waals surface area contributed by atoms with Crippen LogP contribution in [0.1, 0.15) is 17.4 Å². The Morgan fingerprint density at radius 3 is 2.81 bits per heavy atom. The Bertz CT molecular complexity index is 632. The normalized spacial score (nSPS) is 15.5. The van der Waals surface area contributed by atoms with E-state index in [1.54, 1.807) is 0 Å². The van der Waals surface area contributed by atoms with Gasteiger partial charge in [0.2, 0.25) is 0 Å². The van der Waals surface area contributed by atoms with Gasteiger partial charge in [0.25, 0.3) is 0 Å². The maximum Gasteiger partial charge on any atom is 0.186 e. The third kappa shape index (κ3) is 3.24. The Morgan fingerprint density at radius 2 is 2.05 bits per heavy atom. The second kappa shape index (κ2) is 6.53. The summed E-state index contributed by atoms with van der Waals surface area (Å²) in [5.74, 6) is -0.427. The van der Waals surface area contributed by atoms with E-state index in [1.165, 1.54) is 24.0 Å². The quantitative estimate of drug-likeness (QED) is 0.941. The van der Waals surface area contributed by atoms with Gasteiger partial charge in [-0.3, -0.25) is 0 Å². The van der Waals surface area contributed by atoms with Gasteiger partial charge in [0.05, 0.1) is 26.0 Å². The average molecular weight is 307 g/mol. The van der Waals surface area contributed by atoms with Crippen LogP contribution in [0.4, 0.5) is 4.39 Å². The van der Waals surface area contributed by atoms with E-state index in [-0.39, 0.29) is 6.61 Å². The number of aliphatic hydroxyl groups excluding tert-OH is 1. The smallest absolute Gasteiger partial charge is 0.186 e. The highest BCUT2D eigenvalue weighted by molar-refractivity contribution is 7.99. The Balaban J connectivity index is 1.94. The van der Waals surface area contributed by atoms with Crippen LogP contribution in [0, 0.1) is 5.82 Å². The van der Waals surface area contributed by atoms with E-state index >= 15 is 0 Å². The van der Waals surface area contributed by atoms with E-state index < -0.39 is 12.1 Å². The zero-order valence-electron chi connectivity index (χ0n) is 11.2. The third-order valence-electron chi connectivity index (χ3n) is 3.07. The highest BCUT2D eigenvalue weighted by atomic mass is 32.2. The van der Waals surface area contributed by atoms with Crippen molar-refractivity contribution in [2.24, 2.45) is 0 Å². The van der Waals surface area contributed by atoms with Gasteiger partial charge in [-0.25, -0.2) is 9.37 Å². The molecule has 3 rings (SSSR count). The van der Waals surface area contributed by atoms with Gasteiger partial charge in [-0.2, -0.15) is 0 Å². The van der Waals surface area contributed by atoms with Crippen molar-refractivity contribution in [3.05, 3.63) is 53.5 Å². The first-order valence-electron chi connectivity index (χ1n) is 6.53. The van der Waals surface area contributed by atoms with Crippen molar-refractivity contribution >= 4 is 11.8 Å². The fraction of sp³-hybridized carbons (Fsp3) is 0.267. The Kier molecular flexibility index (Phi) is 4.50. The minimum absolute atomic E-state index is 0.0594. The second-order valence-electron chi connectivity index (χ2n) is 4.49. The lowest BCUT2D eigenvalue weighted by Crippen LogP contribution is -2.03. The summed E-state index contributed by atoms with van der Waals surface area (Å²) in [6.07, 6.45) is 0.583. The molecule has 0 unspecified atom stereocenters. The van der Waals surface area contributed by atoms with Crippen molar-refractivity contribution in [2.75, 3.05) is 13.2 Å². The molecule has 0 spiro atoms. The van der Waals surface area contributed by atoms with Gasteiger partial charge in [-0.1, -0.05) is 30.0 Å². The van der Waals surface area contributed by atoms with E-state index in [2.05, 4.69) is 4.98 Å². The molecule has 1 aliphatic heterocycles. The van der Waals surface area contributed by atoms with Crippen molar-refractivity contribution in [3.8, 4) is 0 Å². The maximum absolute atomic E-state index is 13.5. The number of halogens is 1. The number of hydrogen-bond acceptors (Lipinski definition) is 5. The molecule has 1 aliphatic rings. The first-order chi connectivity index (χ1) is 10.3. The topological polar surface area (TPSA) is 51.6 Å².